The Hall–Kier alpha value is -1.60. The van der Waals surface area contributed by atoms with Gasteiger partial charge in [-0.3, -0.25) is 0 Å². The minimum absolute atomic E-state index is 0.148. The number of nitrogens with zero attached hydrogens (tertiary/aromatic N) is 2. The first-order valence-corrected chi connectivity index (χ1v) is 7.04. The molecule has 0 bridgehead atoms. The van der Waals surface area contributed by atoms with Crippen LogP contribution in [0.5, 0.6) is 5.88 Å². The van der Waals surface area contributed by atoms with E-state index in [1.165, 1.54) is 12.0 Å². The maximum Gasteiger partial charge on any atom is 0.232 e. The lowest BCUT2D eigenvalue weighted by atomic mass is 10.1. The van der Waals surface area contributed by atoms with E-state index in [2.05, 4.69) is 11.1 Å². The summed E-state index contributed by atoms with van der Waals surface area (Å²) < 4.78 is 11.4. The summed E-state index contributed by atoms with van der Waals surface area (Å²) in [5.74, 6) is 0.484. The molecule has 0 spiro atoms. The Morgan fingerprint density at radius 1 is 1.37 bits per heavy atom. The minimum Gasteiger partial charge on any atom is -0.474 e. The van der Waals surface area contributed by atoms with E-state index in [0.717, 1.165) is 44.4 Å². The first-order chi connectivity index (χ1) is 9.36. The van der Waals surface area contributed by atoms with Crippen molar-refractivity contribution < 1.29 is 9.47 Å². The van der Waals surface area contributed by atoms with Gasteiger partial charge in [-0.05, 0) is 50.2 Å². The highest BCUT2D eigenvalue weighted by molar-refractivity contribution is 5.44. The molecule has 1 atom stereocenters. The van der Waals surface area contributed by atoms with Crippen LogP contribution in [0.1, 0.15) is 42.5 Å². The second-order valence-corrected chi connectivity index (χ2v) is 5.21. The molecule has 1 aromatic heterocycles. The minimum atomic E-state index is 0.148. The summed E-state index contributed by atoms with van der Waals surface area (Å²) in [4.78, 5) is 4.51. The molecule has 1 unspecified atom stereocenters. The summed E-state index contributed by atoms with van der Waals surface area (Å²) in [6.07, 6.45) is 6.67. The smallest absolute Gasteiger partial charge is 0.232 e. The number of aromatic nitrogens is 1. The molecule has 0 aromatic carbocycles. The van der Waals surface area contributed by atoms with Crippen LogP contribution in [0.25, 0.3) is 0 Å². The van der Waals surface area contributed by atoms with Crippen molar-refractivity contribution in [3.05, 3.63) is 22.9 Å². The highest BCUT2D eigenvalue weighted by Gasteiger charge is 2.19. The third-order valence-electron chi connectivity index (χ3n) is 3.82. The maximum absolute atomic E-state index is 9.19. The van der Waals surface area contributed by atoms with Crippen LogP contribution in [0.4, 0.5) is 0 Å². The Labute approximate surface area is 113 Å². The largest absolute Gasteiger partial charge is 0.474 e. The zero-order chi connectivity index (χ0) is 13.1. The number of hydrogen-bond donors (Lipinski definition) is 0. The first kappa shape index (κ1) is 12.4. The molecule has 1 aliphatic heterocycles. The molecule has 1 aromatic rings. The lowest BCUT2D eigenvalue weighted by Gasteiger charge is -2.22. The van der Waals surface area contributed by atoms with E-state index in [1.807, 2.05) is 6.07 Å². The number of ether oxygens (including phenoxy) is 2. The highest BCUT2D eigenvalue weighted by Crippen LogP contribution is 2.26. The number of aryl methyl sites for hydroxylation is 2. The second-order valence-electron chi connectivity index (χ2n) is 5.21. The summed E-state index contributed by atoms with van der Waals surface area (Å²) in [5, 5.41) is 9.19. The fourth-order valence-electron chi connectivity index (χ4n) is 2.75. The predicted molar refractivity (Wildman–Crippen MR) is 70.1 cm³/mol. The van der Waals surface area contributed by atoms with Crippen LogP contribution in [0.15, 0.2) is 6.07 Å². The van der Waals surface area contributed by atoms with Gasteiger partial charge in [-0.1, -0.05) is 0 Å². The van der Waals surface area contributed by atoms with Crippen molar-refractivity contribution in [3.8, 4) is 11.9 Å². The maximum atomic E-state index is 9.19. The lowest BCUT2D eigenvalue weighted by molar-refractivity contribution is -0.0120. The van der Waals surface area contributed by atoms with Crippen LogP contribution in [-0.4, -0.2) is 24.3 Å². The average Bonchev–Trinajstić information content (AvgIpc) is 2.92. The normalized spacial score (nSPS) is 21.7. The molecule has 0 saturated carbocycles. The van der Waals surface area contributed by atoms with E-state index in [9.17, 15) is 5.26 Å². The number of fused-ring (bicyclic) bond motifs is 1. The summed E-state index contributed by atoms with van der Waals surface area (Å²) in [7, 11) is 0. The van der Waals surface area contributed by atoms with E-state index in [0.29, 0.717) is 18.1 Å². The zero-order valence-corrected chi connectivity index (χ0v) is 11.0. The molecule has 100 valence electrons. The average molecular weight is 258 g/mol. The van der Waals surface area contributed by atoms with Gasteiger partial charge in [0.05, 0.1) is 6.10 Å². The van der Waals surface area contributed by atoms with E-state index >= 15 is 0 Å². The molecule has 4 heteroatoms. The van der Waals surface area contributed by atoms with Crippen LogP contribution in [-0.2, 0) is 17.6 Å². The van der Waals surface area contributed by atoms with Gasteiger partial charge >= 0.3 is 0 Å². The quantitative estimate of drug-likeness (QED) is 0.835. The molecule has 1 fully saturated rings. The number of hydrogen-bond acceptors (Lipinski definition) is 4. The van der Waals surface area contributed by atoms with Crippen molar-refractivity contribution in [2.24, 2.45) is 0 Å². The Balaban J connectivity index is 1.71. The van der Waals surface area contributed by atoms with Crippen LogP contribution in [0.3, 0.4) is 0 Å². The van der Waals surface area contributed by atoms with Gasteiger partial charge in [0.1, 0.15) is 18.2 Å². The standard InChI is InChI=1S/C15H18N2O2/c16-9-12-8-11-4-3-6-14(11)17-15(12)19-10-13-5-1-2-7-18-13/h8,13H,1-7,10H2. The summed E-state index contributed by atoms with van der Waals surface area (Å²) in [6.45, 7) is 1.32. The van der Waals surface area contributed by atoms with Crippen LogP contribution >= 0.6 is 0 Å². The highest BCUT2D eigenvalue weighted by atomic mass is 16.5. The third kappa shape index (κ3) is 2.71. The van der Waals surface area contributed by atoms with Crippen molar-refractivity contribution in [1.82, 2.24) is 4.98 Å². The second kappa shape index (κ2) is 5.58. The zero-order valence-electron chi connectivity index (χ0n) is 11.0. The Bertz CT molecular complexity index is 502. The number of nitriles is 1. The first-order valence-electron chi connectivity index (χ1n) is 7.04. The van der Waals surface area contributed by atoms with Crippen molar-refractivity contribution in [3.63, 3.8) is 0 Å². The molecule has 1 aliphatic carbocycles. The molecule has 2 heterocycles. The van der Waals surface area contributed by atoms with Gasteiger partial charge in [-0.2, -0.15) is 5.26 Å². The van der Waals surface area contributed by atoms with E-state index in [-0.39, 0.29) is 6.10 Å². The van der Waals surface area contributed by atoms with Gasteiger partial charge in [0.2, 0.25) is 5.88 Å². The predicted octanol–water partition coefficient (Wildman–Crippen LogP) is 2.39. The van der Waals surface area contributed by atoms with Gasteiger partial charge < -0.3 is 9.47 Å². The van der Waals surface area contributed by atoms with Crippen molar-refractivity contribution in [2.75, 3.05) is 13.2 Å². The molecule has 4 nitrogen and oxygen atoms in total. The summed E-state index contributed by atoms with van der Waals surface area (Å²) in [5.41, 5.74) is 2.85. The van der Waals surface area contributed by atoms with Gasteiger partial charge in [-0.15, -0.1) is 0 Å². The molecule has 0 N–H and O–H groups in total. The lowest BCUT2D eigenvalue weighted by Crippen LogP contribution is -2.26. The van der Waals surface area contributed by atoms with Crippen molar-refractivity contribution in [2.45, 2.75) is 44.6 Å². The molecule has 0 amide bonds. The Morgan fingerprint density at radius 2 is 2.32 bits per heavy atom. The number of pyridine rings is 1. The molecular weight excluding hydrogens is 240 g/mol. The van der Waals surface area contributed by atoms with Crippen LogP contribution < -0.4 is 4.74 Å². The SMILES string of the molecule is N#Cc1cc2c(nc1OCC1CCCCO1)CCC2. The van der Waals surface area contributed by atoms with Crippen LogP contribution in [0, 0.1) is 11.3 Å². The Morgan fingerprint density at radius 3 is 3.11 bits per heavy atom. The van der Waals surface area contributed by atoms with Gasteiger partial charge in [-0.25, -0.2) is 4.98 Å². The van der Waals surface area contributed by atoms with Gasteiger partial charge in [0.15, 0.2) is 0 Å². The van der Waals surface area contributed by atoms with E-state index < -0.39 is 0 Å². The molecule has 3 rings (SSSR count). The van der Waals surface area contributed by atoms with Crippen LogP contribution in [0.2, 0.25) is 0 Å². The molecule has 19 heavy (non-hydrogen) atoms. The monoisotopic (exact) mass is 258 g/mol. The molecule has 1 saturated heterocycles. The van der Waals surface area contributed by atoms with Crippen molar-refractivity contribution >= 4 is 0 Å². The van der Waals surface area contributed by atoms with Gasteiger partial charge in [0.25, 0.3) is 0 Å². The topological polar surface area (TPSA) is 55.1 Å². The van der Waals surface area contributed by atoms with E-state index in [1.54, 1.807) is 0 Å². The molecule has 0 radical (unpaired) electrons. The fraction of sp³-hybridized carbons (Fsp3) is 0.600. The molecule has 2 aliphatic rings. The Kier molecular flexibility index (Phi) is 3.65. The fourth-order valence-corrected chi connectivity index (χ4v) is 2.75. The van der Waals surface area contributed by atoms with Gasteiger partial charge in [0, 0.05) is 12.3 Å². The van der Waals surface area contributed by atoms with Crippen molar-refractivity contribution in [1.29, 1.82) is 5.26 Å². The molecular formula is C15H18N2O2. The summed E-state index contributed by atoms with van der Waals surface area (Å²) >= 11 is 0. The number of rotatable bonds is 3. The third-order valence-corrected chi connectivity index (χ3v) is 3.82. The summed E-state index contributed by atoms with van der Waals surface area (Å²) in [6, 6.07) is 4.12. The van der Waals surface area contributed by atoms with E-state index in [4.69, 9.17) is 9.47 Å².